The Balaban J connectivity index is 1.33. The summed E-state index contributed by atoms with van der Waals surface area (Å²) in [5, 5.41) is 2.61. The van der Waals surface area contributed by atoms with Gasteiger partial charge in [-0.05, 0) is 30.3 Å². The van der Waals surface area contributed by atoms with Crippen LogP contribution in [0.3, 0.4) is 0 Å². The van der Waals surface area contributed by atoms with Gasteiger partial charge in [0.1, 0.15) is 24.1 Å². The van der Waals surface area contributed by atoms with E-state index in [9.17, 15) is 14.4 Å². The van der Waals surface area contributed by atoms with Crippen molar-refractivity contribution in [2.24, 2.45) is 0 Å². The molecule has 0 unspecified atom stereocenters. The average molecular weight is 437 g/mol. The van der Waals surface area contributed by atoms with Crippen molar-refractivity contribution in [1.82, 2.24) is 9.55 Å². The van der Waals surface area contributed by atoms with Crippen LogP contribution in [0.4, 0.5) is 5.82 Å². The Morgan fingerprint density at radius 1 is 1.06 bits per heavy atom. The van der Waals surface area contributed by atoms with Gasteiger partial charge in [0.25, 0.3) is 5.91 Å². The van der Waals surface area contributed by atoms with E-state index in [4.69, 9.17) is 9.47 Å². The molecule has 0 spiro atoms. The smallest absolute Gasteiger partial charge is 0.351 e. The summed E-state index contributed by atoms with van der Waals surface area (Å²) < 4.78 is 12.5. The fourth-order valence-electron chi connectivity index (χ4n) is 2.96. The Morgan fingerprint density at radius 3 is 2.42 bits per heavy atom. The summed E-state index contributed by atoms with van der Waals surface area (Å²) in [6.45, 7) is 0.0717. The second-order valence-corrected chi connectivity index (χ2v) is 7.83. The Hall–Kier alpha value is -3.43. The van der Waals surface area contributed by atoms with Crippen molar-refractivity contribution in [1.29, 1.82) is 0 Å². The van der Waals surface area contributed by atoms with Crippen LogP contribution >= 0.6 is 11.8 Å². The van der Waals surface area contributed by atoms with Gasteiger partial charge < -0.3 is 14.8 Å². The lowest BCUT2D eigenvalue weighted by molar-refractivity contribution is -0.0177. The molecule has 1 aliphatic rings. The third-order valence-electron chi connectivity index (χ3n) is 4.51. The first-order valence-corrected chi connectivity index (χ1v) is 10.6. The van der Waals surface area contributed by atoms with Crippen molar-refractivity contribution in [3.05, 3.63) is 94.5 Å². The summed E-state index contributed by atoms with van der Waals surface area (Å²) in [6.07, 6.45) is 0.990. The van der Waals surface area contributed by atoms with Crippen molar-refractivity contribution < 1.29 is 19.1 Å². The fraction of sp³-hybridized carbons (Fsp3) is 0.182. The molecular formula is C22H19N3O5S. The van der Waals surface area contributed by atoms with Gasteiger partial charge in [-0.3, -0.25) is 9.36 Å². The van der Waals surface area contributed by atoms with E-state index in [-0.39, 0.29) is 23.8 Å². The molecule has 0 radical (unpaired) electrons. The average Bonchev–Trinajstić information content (AvgIpc) is 3.27. The van der Waals surface area contributed by atoms with E-state index in [0.29, 0.717) is 16.9 Å². The molecular weight excluding hydrogens is 418 g/mol. The van der Waals surface area contributed by atoms with Gasteiger partial charge in [0.05, 0.1) is 5.56 Å². The molecule has 0 bridgehead atoms. The number of aromatic nitrogens is 2. The number of hydrogen-bond donors (Lipinski definition) is 1. The maximum atomic E-state index is 12.4. The highest BCUT2D eigenvalue weighted by atomic mass is 32.2. The van der Waals surface area contributed by atoms with Crippen LogP contribution in [0, 0.1) is 0 Å². The molecule has 2 heterocycles. The molecule has 4 rings (SSSR count). The molecule has 1 N–H and O–H groups in total. The number of thioether (sulfide) groups is 1. The number of esters is 1. The van der Waals surface area contributed by atoms with E-state index in [1.165, 1.54) is 22.5 Å². The van der Waals surface area contributed by atoms with Crippen LogP contribution < -0.4 is 11.0 Å². The molecule has 0 aliphatic carbocycles. The summed E-state index contributed by atoms with van der Waals surface area (Å²) in [4.78, 5) is 40.6. The second kappa shape index (κ2) is 9.59. The normalized spacial score (nSPS) is 17.8. The van der Waals surface area contributed by atoms with Crippen LogP contribution in [0.15, 0.2) is 77.7 Å². The highest BCUT2D eigenvalue weighted by molar-refractivity contribution is 8.00. The summed E-state index contributed by atoms with van der Waals surface area (Å²) in [7, 11) is 0. The minimum absolute atomic E-state index is 0.0717. The third-order valence-corrected chi connectivity index (χ3v) is 5.61. The Morgan fingerprint density at radius 2 is 1.74 bits per heavy atom. The number of hydrogen-bond acceptors (Lipinski definition) is 7. The number of nitrogens with zero attached hydrogens (tertiary/aromatic N) is 2. The van der Waals surface area contributed by atoms with E-state index >= 15 is 0 Å². The van der Waals surface area contributed by atoms with Gasteiger partial charge in [-0.2, -0.15) is 4.98 Å². The Kier molecular flexibility index (Phi) is 6.44. The highest BCUT2D eigenvalue weighted by Crippen LogP contribution is 2.31. The van der Waals surface area contributed by atoms with Crippen LogP contribution in [-0.4, -0.2) is 39.2 Å². The lowest BCUT2D eigenvalue weighted by atomic mass is 10.2. The van der Waals surface area contributed by atoms with Gasteiger partial charge in [-0.1, -0.05) is 36.4 Å². The van der Waals surface area contributed by atoms with Crippen LogP contribution in [-0.2, 0) is 9.47 Å². The van der Waals surface area contributed by atoms with Gasteiger partial charge >= 0.3 is 11.7 Å². The van der Waals surface area contributed by atoms with Crippen LogP contribution in [0.5, 0.6) is 0 Å². The molecule has 1 aromatic heterocycles. The molecule has 1 aliphatic heterocycles. The molecule has 1 amide bonds. The first-order chi connectivity index (χ1) is 15.1. The van der Waals surface area contributed by atoms with Crippen molar-refractivity contribution in [2.45, 2.75) is 11.7 Å². The summed E-state index contributed by atoms with van der Waals surface area (Å²) in [5.74, 6) is -0.108. The van der Waals surface area contributed by atoms with Crippen LogP contribution in [0.1, 0.15) is 26.9 Å². The quantitative estimate of drug-likeness (QED) is 0.592. The molecule has 1 fully saturated rings. The lowest BCUT2D eigenvalue weighted by Crippen LogP contribution is -2.29. The first-order valence-electron chi connectivity index (χ1n) is 9.55. The van der Waals surface area contributed by atoms with E-state index < -0.39 is 17.9 Å². The fourth-order valence-corrected chi connectivity index (χ4v) is 3.95. The van der Waals surface area contributed by atoms with Crippen molar-refractivity contribution in [2.75, 3.05) is 17.7 Å². The molecule has 1 saturated heterocycles. The molecule has 31 heavy (non-hydrogen) atoms. The number of carbonyl (C=O) groups is 2. The Labute approximate surface area is 182 Å². The van der Waals surface area contributed by atoms with E-state index in [1.54, 1.807) is 54.6 Å². The Bertz CT molecular complexity index is 1120. The monoisotopic (exact) mass is 437 g/mol. The topological polar surface area (TPSA) is 99.5 Å². The van der Waals surface area contributed by atoms with Gasteiger partial charge in [0, 0.05) is 17.5 Å². The zero-order chi connectivity index (χ0) is 21.6. The number of carbonyl (C=O) groups excluding carboxylic acids is 2. The number of benzene rings is 2. The summed E-state index contributed by atoms with van der Waals surface area (Å²) in [5.41, 5.74) is 0.00733. The predicted octanol–water partition coefficient (Wildman–Crippen LogP) is 2.94. The summed E-state index contributed by atoms with van der Waals surface area (Å²) >= 11 is 1.45. The van der Waals surface area contributed by atoms with Crippen molar-refractivity contribution in [3.63, 3.8) is 0 Å². The lowest BCUT2D eigenvalue weighted by Gasteiger charge is -2.15. The van der Waals surface area contributed by atoms with E-state index in [2.05, 4.69) is 10.3 Å². The molecule has 9 heteroatoms. The van der Waals surface area contributed by atoms with Gasteiger partial charge in [0.2, 0.25) is 0 Å². The van der Waals surface area contributed by atoms with Gasteiger partial charge in [-0.15, -0.1) is 11.8 Å². The maximum Gasteiger partial charge on any atom is 0.351 e. The molecule has 3 aromatic rings. The highest BCUT2D eigenvalue weighted by Gasteiger charge is 2.29. The second-order valence-electron chi connectivity index (χ2n) is 6.64. The van der Waals surface area contributed by atoms with Crippen LogP contribution in [0.2, 0.25) is 0 Å². The van der Waals surface area contributed by atoms with Crippen molar-refractivity contribution in [3.8, 4) is 0 Å². The van der Waals surface area contributed by atoms with Gasteiger partial charge in [0.15, 0.2) is 0 Å². The minimum Gasteiger partial charge on any atom is -0.458 e. The zero-order valence-electron chi connectivity index (χ0n) is 16.3. The number of amides is 1. The molecule has 2 atom stereocenters. The number of rotatable bonds is 6. The van der Waals surface area contributed by atoms with Gasteiger partial charge in [-0.25, -0.2) is 9.59 Å². The minimum atomic E-state index is -0.543. The third kappa shape index (κ3) is 5.19. The molecule has 8 nitrogen and oxygen atoms in total. The standard InChI is InChI=1S/C22H19N3O5S/c26-20(15-7-3-1-4-8-15)23-17-11-12-25(22(28)24-17)18-14-31-19(30-18)13-29-21(27)16-9-5-2-6-10-16/h1-12,18-19H,13-14H2,(H,23,24,26,28)/t18-,19+/m0/s1. The maximum absolute atomic E-state index is 12.4. The van der Waals surface area contributed by atoms with E-state index in [0.717, 1.165) is 0 Å². The van der Waals surface area contributed by atoms with Crippen molar-refractivity contribution >= 4 is 29.5 Å². The van der Waals surface area contributed by atoms with E-state index in [1.807, 2.05) is 12.1 Å². The molecule has 0 saturated carbocycles. The number of nitrogens with one attached hydrogen (secondary N) is 1. The van der Waals surface area contributed by atoms with Crippen LogP contribution in [0.25, 0.3) is 0 Å². The predicted molar refractivity (Wildman–Crippen MR) is 116 cm³/mol. The summed E-state index contributed by atoms with van der Waals surface area (Å²) in [6, 6.07) is 18.9. The largest absolute Gasteiger partial charge is 0.458 e. The first kappa shape index (κ1) is 20.8. The SMILES string of the molecule is O=C(Nc1ccn([C@@H]2CS[C@H](COC(=O)c3ccccc3)O2)c(=O)n1)c1ccccc1. The molecule has 2 aromatic carbocycles. The molecule has 158 valence electrons. The zero-order valence-corrected chi connectivity index (χ0v) is 17.2. The number of ether oxygens (including phenoxy) is 2. The number of anilines is 1.